The molecule has 0 unspecified atom stereocenters. The van der Waals surface area contributed by atoms with Crippen LogP contribution in [0.3, 0.4) is 0 Å². The summed E-state index contributed by atoms with van der Waals surface area (Å²) in [5.74, 6) is 0.992. The second-order valence-electron chi connectivity index (χ2n) is 7.20. The Hall–Kier alpha value is -2.20. The van der Waals surface area contributed by atoms with Crippen LogP contribution in [0.2, 0.25) is 0 Å². The SMILES string of the molecule is C=CCO[C@H]1CC2(CCN(c3ccc(C)nn3)CC2)c2ccccc21. The number of anilines is 1. The van der Waals surface area contributed by atoms with E-state index in [-0.39, 0.29) is 11.5 Å². The maximum Gasteiger partial charge on any atom is 0.151 e. The highest BCUT2D eigenvalue weighted by Gasteiger charge is 2.45. The quantitative estimate of drug-likeness (QED) is 0.793. The molecule has 0 radical (unpaired) electrons. The van der Waals surface area contributed by atoms with Crippen LogP contribution in [0.5, 0.6) is 0 Å². The Balaban J connectivity index is 1.54. The van der Waals surface area contributed by atoms with E-state index in [1.807, 2.05) is 19.1 Å². The summed E-state index contributed by atoms with van der Waals surface area (Å²) in [5, 5.41) is 8.56. The Morgan fingerprint density at radius 2 is 2.00 bits per heavy atom. The minimum atomic E-state index is 0.194. The number of benzene rings is 1. The molecule has 130 valence electrons. The molecule has 1 aliphatic heterocycles. The molecule has 1 aromatic heterocycles. The van der Waals surface area contributed by atoms with E-state index in [1.54, 1.807) is 0 Å². The monoisotopic (exact) mass is 335 g/mol. The lowest BCUT2D eigenvalue weighted by molar-refractivity contribution is 0.0586. The summed E-state index contributed by atoms with van der Waals surface area (Å²) in [5.41, 5.74) is 4.05. The molecule has 0 amide bonds. The normalized spacial score (nSPS) is 21.3. The van der Waals surface area contributed by atoms with Crippen molar-refractivity contribution in [2.45, 2.75) is 37.7 Å². The largest absolute Gasteiger partial charge is 0.369 e. The van der Waals surface area contributed by atoms with Crippen LogP contribution in [-0.2, 0) is 10.2 Å². The zero-order valence-electron chi connectivity index (χ0n) is 14.8. The number of hydrogen-bond acceptors (Lipinski definition) is 4. The van der Waals surface area contributed by atoms with Gasteiger partial charge in [0.25, 0.3) is 0 Å². The Labute approximate surface area is 149 Å². The van der Waals surface area contributed by atoms with Crippen molar-refractivity contribution in [2.75, 3.05) is 24.6 Å². The Kier molecular flexibility index (Phi) is 4.30. The molecule has 1 saturated heterocycles. The molecule has 4 heteroatoms. The Morgan fingerprint density at radius 3 is 2.72 bits per heavy atom. The molecular weight excluding hydrogens is 310 g/mol. The predicted molar refractivity (Wildman–Crippen MR) is 99.8 cm³/mol. The molecule has 4 nitrogen and oxygen atoms in total. The number of nitrogens with zero attached hydrogens (tertiary/aromatic N) is 3. The van der Waals surface area contributed by atoms with E-state index in [2.05, 4.69) is 52.0 Å². The van der Waals surface area contributed by atoms with Gasteiger partial charge in [-0.3, -0.25) is 0 Å². The zero-order chi connectivity index (χ0) is 17.3. The van der Waals surface area contributed by atoms with Gasteiger partial charge in [-0.05, 0) is 49.4 Å². The van der Waals surface area contributed by atoms with Crippen LogP contribution in [0.1, 0.15) is 42.2 Å². The van der Waals surface area contributed by atoms with Crippen LogP contribution < -0.4 is 4.90 Å². The lowest BCUT2D eigenvalue weighted by Gasteiger charge is -2.40. The molecule has 1 atom stereocenters. The van der Waals surface area contributed by atoms with Crippen molar-refractivity contribution in [3.05, 3.63) is 65.9 Å². The average Bonchev–Trinajstić information content (AvgIpc) is 2.95. The first-order chi connectivity index (χ1) is 12.2. The van der Waals surface area contributed by atoms with Crippen LogP contribution >= 0.6 is 0 Å². The number of rotatable bonds is 4. The highest BCUT2D eigenvalue weighted by atomic mass is 16.5. The van der Waals surface area contributed by atoms with Gasteiger partial charge in [-0.1, -0.05) is 30.3 Å². The number of aryl methyl sites for hydroxylation is 1. The maximum absolute atomic E-state index is 6.08. The van der Waals surface area contributed by atoms with Gasteiger partial charge in [-0.2, -0.15) is 5.10 Å². The summed E-state index contributed by atoms with van der Waals surface area (Å²) in [6, 6.07) is 12.9. The summed E-state index contributed by atoms with van der Waals surface area (Å²) in [4.78, 5) is 2.36. The third-order valence-electron chi connectivity index (χ3n) is 5.70. The molecule has 2 aromatic rings. The first-order valence-electron chi connectivity index (χ1n) is 9.09. The van der Waals surface area contributed by atoms with Crippen LogP contribution in [0, 0.1) is 6.92 Å². The van der Waals surface area contributed by atoms with Crippen molar-refractivity contribution in [3.8, 4) is 0 Å². The van der Waals surface area contributed by atoms with Gasteiger partial charge in [-0.25, -0.2) is 0 Å². The third kappa shape index (κ3) is 2.95. The topological polar surface area (TPSA) is 38.2 Å². The van der Waals surface area contributed by atoms with Gasteiger partial charge in [0.1, 0.15) is 0 Å². The first-order valence-corrected chi connectivity index (χ1v) is 9.09. The van der Waals surface area contributed by atoms with Crippen LogP contribution in [-0.4, -0.2) is 29.9 Å². The molecule has 2 aliphatic rings. The Bertz CT molecular complexity index is 748. The fourth-order valence-corrected chi connectivity index (χ4v) is 4.37. The smallest absolute Gasteiger partial charge is 0.151 e. The van der Waals surface area contributed by atoms with E-state index in [0.29, 0.717) is 6.61 Å². The fourth-order valence-electron chi connectivity index (χ4n) is 4.37. The predicted octanol–water partition coefficient (Wildman–Crippen LogP) is 3.97. The average molecular weight is 335 g/mol. The summed E-state index contributed by atoms with van der Waals surface area (Å²) < 4.78 is 6.08. The molecule has 0 N–H and O–H groups in total. The van der Waals surface area contributed by atoms with Crippen molar-refractivity contribution < 1.29 is 4.74 Å². The molecule has 25 heavy (non-hydrogen) atoms. The fraction of sp³-hybridized carbons (Fsp3) is 0.429. The van der Waals surface area contributed by atoms with E-state index < -0.39 is 0 Å². The minimum absolute atomic E-state index is 0.194. The van der Waals surface area contributed by atoms with E-state index >= 15 is 0 Å². The van der Waals surface area contributed by atoms with E-state index in [0.717, 1.165) is 43.9 Å². The highest BCUT2D eigenvalue weighted by Crippen LogP contribution is 2.52. The van der Waals surface area contributed by atoms with Gasteiger partial charge >= 0.3 is 0 Å². The van der Waals surface area contributed by atoms with Gasteiger partial charge in [0.05, 0.1) is 18.4 Å². The minimum Gasteiger partial charge on any atom is -0.369 e. The molecule has 2 heterocycles. The summed E-state index contributed by atoms with van der Waals surface area (Å²) in [6.07, 6.45) is 5.38. The van der Waals surface area contributed by atoms with Gasteiger partial charge in [0, 0.05) is 18.5 Å². The Morgan fingerprint density at radius 1 is 1.20 bits per heavy atom. The molecule has 1 fully saturated rings. The number of fused-ring (bicyclic) bond motifs is 2. The van der Waals surface area contributed by atoms with Gasteiger partial charge in [0.15, 0.2) is 5.82 Å². The summed E-state index contributed by atoms with van der Waals surface area (Å²) in [7, 11) is 0. The van der Waals surface area contributed by atoms with E-state index in [9.17, 15) is 0 Å². The van der Waals surface area contributed by atoms with Crippen molar-refractivity contribution in [1.29, 1.82) is 0 Å². The standard InChI is InChI=1S/C21H25N3O/c1-3-14-25-19-15-21(18-7-5-4-6-17(18)19)10-12-24(13-11-21)20-9-8-16(2)22-23-20/h3-9,19H,1,10-15H2,2H3/t19-/m0/s1. The van der Waals surface area contributed by atoms with E-state index in [1.165, 1.54) is 11.1 Å². The lowest BCUT2D eigenvalue weighted by atomic mass is 9.74. The van der Waals surface area contributed by atoms with E-state index in [4.69, 9.17) is 4.74 Å². The third-order valence-corrected chi connectivity index (χ3v) is 5.70. The molecule has 0 bridgehead atoms. The van der Waals surface area contributed by atoms with Crippen LogP contribution in [0.25, 0.3) is 0 Å². The highest BCUT2D eigenvalue weighted by molar-refractivity contribution is 5.45. The molecule has 0 saturated carbocycles. The first kappa shape index (κ1) is 16.3. The van der Waals surface area contributed by atoms with Gasteiger partial charge in [0.2, 0.25) is 0 Å². The molecule has 1 spiro atoms. The van der Waals surface area contributed by atoms with Crippen LogP contribution in [0.4, 0.5) is 5.82 Å². The molecule has 1 aromatic carbocycles. The van der Waals surface area contributed by atoms with Crippen molar-refractivity contribution in [3.63, 3.8) is 0 Å². The maximum atomic E-state index is 6.08. The number of hydrogen-bond donors (Lipinski definition) is 0. The second-order valence-corrected chi connectivity index (χ2v) is 7.20. The summed E-state index contributed by atoms with van der Waals surface area (Å²) in [6.45, 7) is 8.40. The lowest BCUT2D eigenvalue weighted by Crippen LogP contribution is -2.42. The van der Waals surface area contributed by atoms with Crippen LogP contribution in [0.15, 0.2) is 49.1 Å². The molecule has 1 aliphatic carbocycles. The molecule has 4 rings (SSSR count). The van der Waals surface area contributed by atoms with Crippen molar-refractivity contribution >= 4 is 5.82 Å². The van der Waals surface area contributed by atoms with Gasteiger partial charge < -0.3 is 9.64 Å². The molecular formula is C21H25N3O. The number of ether oxygens (including phenoxy) is 1. The van der Waals surface area contributed by atoms with Gasteiger partial charge in [-0.15, -0.1) is 11.7 Å². The number of piperidine rings is 1. The zero-order valence-corrected chi connectivity index (χ0v) is 14.8. The van der Waals surface area contributed by atoms with Crippen molar-refractivity contribution in [2.24, 2.45) is 0 Å². The second kappa shape index (κ2) is 6.60. The van der Waals surface area contributed by atoms with Crippen molar-refractivity contribution in [1.82, 2.24) is 10.2 Å². The summed E-state index contributed by atoms with van der Waals surface area (Å²) >= 11 is 0. The number of aromatic nitrogens is 2.